The van der Waals surface area contributed by atoms with Crippen LogP contribution in [0.2, 0.25) is 0 Å². The van der Waals surface area contributed by atoms with Gasteiger partial charge in [0.15, 0.2) is 5.76 Å². The number of fused-ring (bicyclic) bond motifs is 1. The number of hydrogen-bond acceptors (Lipinski definition) is 6. The van der Waals surface area contributed by atoms with Crippen molar-refractivity contribution < 1.29 is 18.9 Å². The lowest BCUT2D eigenvalue weighted by atomic mass is 10.2. The Labute approximate surface area is 190 Å². The van der Waals surface area contributed by atoms with E-state index in [2.05, 4.69) is 26.5 Å². The summed E-state index contributed by atoms with van der Waals surface area (Å²) in [7, 11) is 0. The Morgan fingerprint density at radius 1 is 1.09 bits per heavy atom. The van der Waals surface area contributed by atoms with E-state index in [4.69, 9.17) is 9.15 Å². The Balaban J connectivity index is 1.30. The fourth-order valence-electron chi connectivity index (χ4n) is 2.88. The average Bonchev–Trinajstić information content (AvgIpc) is 3.22. The first-order valence-electron chi connectivity index (χ1n) is 9.47. The average molecular weight is 494 g/mol. The van der Waals surface area contributed by atoms with Crippen LogP contribution < -0.4 is 10.2 Å². The molecule has 4 rings (SSSR count). The first-order valence-corrected chi connectivity index (χ1v) is 10.3. The van der Waals surface area contributed by atoms with Gasteiger partial charge < -0.3 is 9.15 Å². The van der Waals surface area contributed by atoms with E-state index in [1.165, 1.54) is 18.3 Å². The predicted molar refractivity (Wildman–Crippen MR) is 123 cm³/mol. The number of carbonyl (C=O) groups excluding carboxylic acids is 1. The summed E-state index contributed by atoms with van der Waals surface area (Å²) in [6.45, 7) is 0.287. The largest absolute Gasteiger partial charge is 0.489 e. The van der Waals surface area contributed by atoms with Crippen LogP contribution in [0.15, 0.2) is 86.8 Å². The van der Waals surface area contributed by atoms with E-state index >= 15 is 0 Å². The van der Waals surface area contributed by atoms with Gasteiger partial charge in [0.2, 0.25) is 0 Å². The van der Waals surface area contributed by atoms with Crippen molar-refractivity contribution in [1.29, 1.82) is 0 Å². The first kappa shape index (κ1) is 21.3. The number of non-ortho nitro benzene ring substituents is 1. The monoisotopic (exact) mass is 493 g/mol. The van der Waals surface area contributed by atoms with E-state index in [1.807, 2.05) is 12.1 Å². The highest BCUT2D eigenvalue weighted by atomic mass is 79.9. The number of carbonyl (C=O) groups is 1. The van der Waals surface area contributed by atoms with Crippen molar-refractivity contribution in [3.63, 3.8) is 0 Å². The third-order valence-electron chi connectivity index (χ3n) is 4.51. The Bertz CT molecular complexity index is 1300. The minimum absolute atomic E-state index is 0.0397. The maximum absolute atomic E-state index is 12.2. The number of halogens is 1. The molecule has 0 atom stereocenters. The van der Waals surface area contributed by atoms with Crippen LogP contribution >= 0.6 is 15.9 Å². The molecule has 1 amide bonds. The van der Waals surface area contributed by atoms with Gasteiger partial charge in [0, 0.05) is 22.0 Å². The molecule has 9 heteroatoms. The molecule has 0 saturated heterocycles. The van der Waals surface area contributed by atoms with Crippen molar-refractivity contribution in [3.8, 4) is 5.75 Å². The van der Waals surface area contributed by atoms with Crippen molar-refractivity contribution in [3.05, 3.63) is 104 Å². The van der Waals surface area contributed by atoms with Crippen LogP contribution in [0.3, 0.4) is 0 Å². The topological polar surface area (TPSA) is 107 Å². The number of rotatable bonds is 7. The minimum atomic E-state index is -0.448. The zero-order chi connectivity index (χ0) is 22.5. The van der Waals surface area contributed by atoms with Crippen LogP contribution in [0.1, 0.15) is 21.7 Å². The van der Waals surface area contributed by atoms with Crippen molar-refractivity contribution in [1.82, 2.24) is 5.43 Å². The number of nitrogens with one attached hydrogen (secondary N) is 1. The molecule has 0 saturated carbocycles. The number of nitro benzene ring substituents is 1. The molecule has 8 nitrogen and oxygen atoms in total. The molecule has 0 aliphatic heterocycles. The number of furan rings is 1. The fourth-order valence-corrected chi connectivity index (χ4v) is 3.26. The molecule has 0 bridgehead atoms. The van der Waals surface area contributed by atoms with Crippen molar-refractivity contribution >= 4 is 44.7 Å². The van der Waals surface area contributed by atoms with Gasteiger partial charge in [0.25, 0.3) is 5.69 Å². The number of ether oxygens (including phenoxy) is 1. The molecule has 1 heterocycles. The molecule has 160 valence electrons. The second kappa shape index (κ2) is 9.44. The van der Waals surface area contributed by atoms with Crippen molar-refractivity contribution in [2.45, 2.75) is 6.61 Å². The summed E-state index contributed by atoms with van der Waals surface area (Å²) in [6, 6.07) is 20.5. The molecular weight excluding hydrogens is 478 g/mol. The molecule has 0 aliphatic rings. The number of amides is 1. The number of benzene rings is 3. The highest BCUT2D eigenvalue weighted by molar-refractivity contribution is 9.10. The van der Waals surface area contributed by atoms with Gasteiger partial charge in [-0.3, -0.25) is 14.9 Å². The first-order chi connectivity index (χ1) is 15.5. The Morgan fingerprint density at radius 3 is 2.56 bits per heavy atom. The van der Waals surface area contributed by atoms with E-state index in [-0.39, 0.29) is 18.1 Å². The number of hydrazone groups is 1. The summed E-state index contributed by atoms with van der Waals surface area (Å²) < 4.78 is 12.1. The van der Waals surface area contributed by atoms with Gasteiger partial charge in [-0.15, -0.1) is 0 Å². The minimum Gasteiger partial charge on any atom is -0.489 e. The normalized spacial score (nSPS) is 11.0. The Morgan fingerprint density at radius 2 is 1.84 bits per heavy atom. The molecule has 4 aromatic rings. The standard InChI is InChI=1S/C23H16BrN3O5/c24-18-5-10-21-17(11-18)12-22(32-21)23(28)26-25-13-15-3-8-20(9-4-15)31-14-16-1-6-19(7-2-16)27(29)30/h1-13H,14H2,(H,26,28)/b25-13+. The number of nitrogens with zero attached hydrogens (tertiary/aromatic N) is 2. The van der Waals surface area contributed by atoms with Gasteiger partial charge in [-0.1, -0.05) is 15.9 Å². The summed E-state index contributed by atoms with van der Waals surface area (Å²) in [4.78, 5) is 22.5. The van der Waals surface area contributed by atoms with Crippen LogP contribution in [0, 0.1) is 10.1 Å². The van der Waals surface area contributed by atoms with Gasteiger partial charge >= 0.3 is 5.91 Å². The van der Waals surface area contributed by atoms with Crippen LogP contribution in [0.25, 0.3) is 11.0 Å². The summed E-state index contributed by atoms with van der Waals surface area (Å²) >= 11 is 3.38. The molecule has 1 N–H and O–H groups in total. The third-order valence-corrected chi connectivity index (χ3v) is 5.01. The maximum Gasteiger partial charge on any atom is 0.307 e. The van der Waals surface area contributed by atoms with E-state index in [0.29, 0.717) is 11.3 Å². The van der Waals surface area contributed by atoms with E-state index in [9.17, 15) is 14.9 Å². The number of nitro groups is 1. The molecule has 0 fully saturated rings. The lowest BCUT2D eigenvalue weighted by Gasteiger charge is -2.06. The Kier molecular flexibility index (Phi) is 6.27. The molecular formula is C23H16BrN3O5. The summed E-state index contributed by atoms with van der Waals surface area (Å²) in [6.07, 6.45) is 1.51. The van der Waals surface area contributed by atoms with Crippen LogP contribution in [0.4, 0.5) is 5.69 Å². The van der Waals surface area contributed by atoms with Gasteiger partial charge in [-0.25, -0.2) is 5.43 Å². The third kappa shape index (κ3) is 5.19. The SMILES string of the molecule is O=C(N/N=C/c1ccc(OCc2ccc([N+](=O)[O-])cc2)cc1)c1cc2cc(Br)ccc2o1. The zero-order valence-corrected chi connectivity index (χ0v) is 18.1. The number of hydrogen-bond donors (Lipinski definition) is 1. The molecule has 0 aliphatic carbocycles. The second-order valence-corrected chi connectivity index (χ2v) is 7.69. The predicted octanol–water partition coefficient (Wildman–Crippen LogP) is 5.45. The quantitative estimate of drug-likeness (QED) is 0.209. The second-order valence-electron chi connectivity index (χ2n) is 6.77. The lowest BCUT2D eigenvalue weighted by molar-refractivity contribution is -0.384. The fraction of sp³-hybridized carbons (Fsp3) is 0.0435. The van der Waals surface area contributed by atoms with Gasteiger partial charge in [0.05, 0.1) is 11.1 Å². The zero-order valence-electron chi connectivity index (χ0n) is 16.5. The van der Waals surface area contributed by atoms with Gasteiger partial charge in [-0.2, -0.15) is 5.10 Å². The molecule has 32 heavy (non-hydrogen) atoms. The van der Waals surface area contributed by atoms with Gasteiger partial charge in [0.1, 0.15) is 17.9 Å². The molecule has 0 unspecified atom stereocenters. The summed E-state index contributed by atoms with van der Waals surface area (Å²) in [5, 5.41) is 15.5. The Hall–Kier alpha value is -3.98. The van der Waals surface area contributed by atoms with E-state index in [1.54, 1.807) is 48.5 Å². The summed E-state index contributed by atoms with van der Waals surface area (Å²) in [5.41, 5.74) is 4.69. The lowest BCUT2D eigenvalue weighted by Crippen LogP contribution is -2.16. The molecule has 0 radical (unpaired) electrons. The molecule has 0 spiro atoms. The van der Waals surface area contributed by atoms with Crippen LogP contribution in [-0.2, 0) is 6.61 Å². The summed E-state index contributed by atoms with van der Waals surface area (Å²) in [5.74, 6) is 0.361. The van der Waals surface area contributed by atoms with E-state index in [0.717, 1.165) is 21.0 Å². The van der Waals surface area contributed by atoms with Gasteiger partial charge in [-0.05, 0) is 71.8 Å². The highest BCUT2D eigenvalue weighted by Crippen LogP contribution is 2.23. The van der Waals surface area contributed by atoms with E-state index < -0.39 is 10.8 Å². The van der Waals surface area contributed by atoms with Crippen molar-refractivity contribution in [2.75, 3.05) is 0 Å². The molecule has 3 aromatic carbocycles. The van der Waals surface area contributed by atoms with Crippen LogP contribution in [-0.4, -0.2) is 17.0 Å². The highest BCUT2D eigenvalue weighted by Gasteiger charge is 2.11. The maximum atomic E-state index is 12.2. The molecule has 1 aromatic heterocycles. The van der Waals surface area contributed by atoms with Crippen LogP contribution in [0.5, 0.6) is 5.75 Å². The van der Waals surface area contributed by atoms with Crippen molar-refractivity contribution in [2.24, 2.45) is 5.10 Å². The smallest absolute Gasteiger partial charge is 0.307 e.